The molecule has 1 saturated carbocycles. The van der Waals surface area contributed by atoms with Crippen molar-refractivity contribution in [1.29, 1.82) is 0 Å². The number of piperidine rings is 1. The number of likely N-dealkylation sites (tertiary alicyclic amines) is 1. The predicted molar refractivity (Wildman–Crippen MR) is 149 cm³/mol. The summed E-state index contributed by atoms with van der Waals surface area (Å²) in [5.41, 5.74) is 0.841. The van der Waals surface area contributed by atoms with Crippen molar-refractivity contribution < 1.29 is 4.79 Å². The zero-order valence-corrected chi connectivity index (χ0v) is 22.8. The van der Waals surface area contributed by atoms with Crippen LogP contribution in [0.1, 0.15) is 70.9 Å². The van der Waals surface area contributed by atoms with Gasteiger partial charge in [-0.3, -0.25) is 4.79 Å². The van der Waals surface area contributed by atoms with Gasteiger partial charge in [0, 0.05) is 23.1 Å². The smallest absolute Gasteiger partial charge is 0.229 e. The lowest BCUT2D eigenvalue weighted by Crippen LogP contribution is -2.50. The second-order valence-electron chi connectivity index (χ2n) is 8.62. The first-order chi connectivity index (χ1) is 16.4. The molecular weight excluding hydrogens is 463 g/mol. The van der Waals surface area contributed by atoms with Gasteiger partial charge in [-0.15, -0.1) is 6.58 Å². The van der Waals surface area contributed by atoms with Gasteiger partial charge in [0.15, 0.2) is 0 Å². The molecule has 1 heterocycles. The lowest BCUT2D eigenvalue weighted by molar-refractivity contribution is -0.149. The molecule has 1 aliphatic carbocycles. The number of rotatable bonds is 6. The van der Waals surface area contributed by atoms with E-state index in [2.05, 4.69) is 18.8 Å². The monoisotopic (exact) mass is 504 g/mol. The molecule has 5 heteroatoms. The Morgan fingerprint density at radius 1 is 1.03 bits per heavy atom. The normalized spacial score (nSPS) is 20.5. The van der Waals surface area contributed by atoms with Crippen LogP contribution in [0.4, 0.5) is 0 Å². The molecule has 0 spiro atoms. The Labute approximate surface area is 217 Å². The van der Waals surface area contributed by atoms with Crippen molar-refractivity contribution in [3.8, 4) is 0 Å². The Morgan fingerprint density at radius 2 is 1.59 bits per heavy atom. The van der Waals surface area contributed by atoms with Gasteiger partial charge in [0.2, 0.25) is 5.91 Å². The van der Waals surface area contributed by atoms with Crippen LogP contribution in [-0.2, 0) is 4.79 Å². The summed E-state index contributed by atoms with van der Waals surface area (Å²) < 4.78 is 0. The van der Waals surface area contributed by atoms with Crippen LogP contribution in [0.3, 0.4) is 0 Å². The van der Waals surface area contributed by atoms with E-state index in [1.807, 2.05) is 86.5 Å². The molecule has 2 aromatic rings. The lowest BCUT2D eigenvalue weighted by atomic mass is 9.75. The van der Waals surface area contributed by atoms with Crippen LogP contribution in [0.15, 0.2) is 67.3 Å². The summed E-state index contributed by atoms with van der Waals surface area (Å²) in [6, 6.07) is 17.4. The van der Waals surface area contributed by atoms with Crippen molar-refractivity contribution in [2.24, 2.45) is 5.41 Å². The Hall–Kier alpha value is -1.81. The third-order valence-corrected chi connectivity index (χ3v) is 6.17. The average molecular weight is 506 g/mol. The van der Waals surface area contributed by atoms with Crippen LogP contribution < -0.4 is 5.32 Å². The van der Waals surface area contributed by atoms with Gasteiger partial charge in [0.25, 0.3) is 0 Å². The SMILES string of the molecule is C1CC1.C=CCC1(C)CCC(c2ccc(Cl)cc2)N(CCNC)C1=O.CC.Clc1ccccc1. The van der Waals surface area contributed by atoms with E-state index in [-0.39, 0.29) is 17.4 Å². The number of hydrogen-bond acceptors (Lipinski definition) is 2. The largest absolute Gasteiger partial charge is 0.334 e. The molecule has 4 rings (SSSR count). The number of amides is 1. The number of halogens is 2. The van der Waals surface area contributed by atoms with Crippen LogP contribution in [0.5, 0.6) is 0 Å². The third-order valence-electron chi connectivity index (χ3n) is 5.66. The summed E-state index contributed by atoms with van der Waals surface area (Å²) in [6.45, 7) is 11.4. The van der Waals surface area contributed by atoms with Crippen LogP contribution in [0.2, 0.25) is 10.0 Å². The number of carbonyl (C=O) groups is 1. The molecule has 2 unspecified atom stereocenters. The van der Waals surface area contributed by atoms with Gasteiger partial charge in [-0.25, -0.2) is 0 Å². The fourth-order valence-electron chi connectivity index (χ4n) is 3.65. The van der Waals surface area contributed by atoms with E-state index in [1.165, 1.54) is 19.3 Å². The third kappa shape index (κ3) is 10.6. The maximum atomic E-state index is 13.0. The molecule has 2 fully saturated rings. The fourth-order valence-corrected chi connectivity index (χ4v) is 3.92. The molecular formula is C29H42Cl2N2O. The van der Waals surface area contributed by atoms with Crippen LogP contribution in [-0.4, -0.2) is 30.9 Å². The van der Waals surface area contributed by atoms with E-state index < -0.39 is 0 Å². The van der Waals surface area contributed by atoms with E-state index in [0.717, 1.165) is 48.0 Å². The predicted octanol–water partition coefficient (Wildman–Crippen LogP) is 8.34. The van der Waals surface area contributed by atoms with Crippen molar-refractivity contribution in [2.45, 2.75) is 65.3 Å². The summed E-state index contributed by atoms with van der Waals surface area (Å²) in [5.74, 6) is 0.230. The van der Waals surface area contributed by atoms with Crippen molar-refractivity contribution in [1.82, 2.24) is 10.2 Å². The molecule has 2 aliphatic rings. The van der Waals surface area contributed by atoms with E-state index in [4.69, 9.17) is 23.2 Å². The molecule has 0 aromatic heterocycles. The lowest BCUT2D eigenvalue weighted by Gasteiger charge is -2.44. The molecule has 0 radical (unpaired) electrons. The number of likely N-dealkylation sites (N-methyl/N-ethyl adjacent to an activating group) is 1. The minimum Gasteiger partial charge on any atom is -0.334 e. The van der Waals surface area contributed by atoms with Gasteiger partial charge in [-0.05, 0) is 56.1 Å². The van der Waals surface area contributed by atoms with Crippen LogP contribution in [0.25, 0.3) is 0 Å². The number of allylic oxidation sites excluding steroid dienone is 1. The van der Waals surface area contributed by atoms with E-state index in [1.54, 1.807) is 0 Å². The number of nitrogens with zero attached hydrogens (tertiary/aromatic N) is 1. The molecule has 0 bridgehead atoms. The molecule has 1 aliphatic heterocycles. The fraction of sp³-hybridized carbons (Fsp3) is 0.483. The summed E-state index contributed by atoms with van der Waals surface area (Å²) in [7, 11) is 1.91. The van der Waals surface area contributed by atoms with E-state index in [9.17, 15) is 4.79 Å². The van der Waals surface area contributed by atoms with Gasteiger partial charge >= 0.3 is 0 Å². The summed E-state index contributed by atoms with van der Waals surface area (Å²) in [5, 5.41) is 4.66. The van der Waals surface area contributed by atoms with Gasteiger partial charge in [-0.1, -0.05) is 99.6 Å². The molecule has 1 N–H and O–H groups in total. The molecule has 3 nitrogen and oxygen atoms in total. The van der Waals surface area contributed by atoms with E-state index in [0.29, 0.717) is 0 Å². The van der Waals surface area contributed by atoms with Gasteiger partial charge in [0.1, 0.15) is 0 Å². The number of hydrogen-bond donors (Lipinski definition) is 1. The molecule has 2 atom stereocenters. The topological polar surface area (TPSA) is 32.3 Å². The highest BCUT2D eigenvalue weighted by molar-refractivity contribution is 6.30. The van der Waals surface area contributed by atoms with Crippen LogP contribution in [0, 0.1) is 5.41 Å². The summed E-state index contributed by atoms with van der Waals surface area (Å²) in [4.78, 5) is 15.0. The van der Waals surface area contributed by atoms with Gasteiger partial charge < -0.3 is 10.2 Å². The Balaban J connectivity index is 0.000000392. The first-order valence-electron chi connectivity index (χ1n) is 12.4. The Bertz CT molecular complexity index is 821. The maximum Gasteiger partial charge on any atom is 0.229 e. The van der Waals surface area contributed by atoms with Crippen molar-refractivity contribution in [3.05, 3.63) is 82.9 Å². The molecule has 34 heavy (non-hydrogen) atoms. The number of carbonyl (C=O) groups excluding carboxylic acids is 1. The molecule has 1 saturated heterocycles. The standard InChI is InChI=1S/C18H25ClN2O.C6H5Cl.C3H6.C2H6/c1-4-10-18(2)11-9-16(14-5-7-15(19)8-6-14)21(17(18)22)13-12-20-3;7-6-4-2-1-3-5-6;1-2-3-1;1-2/h4-8,16,20H,1,9-13H2,2-3H3;1-5H;1-3H2;1-2H3. The minimum absolute atomic E-state index is 0.135. The number of benzene rings is 2. The van der Waals surface area contributed by atoms with Crippen LogP contribution >= 0.6 is 23.2 Å². The van der Waals surface area contributed by atoms with Gasteiger partial charge in [-0.2, -0.15) is 0 Å². The maximum absolute atomic E-state index is 13.0. The molecule has 188 valence electrons. The zero-order chi connectivity index (χ0) is 25.4. The highest BCUT2D eigenvalue weighted by Crippen LogP contribution is 2.42. The van der Waals surface area contributed by atoms with Crippen molar-refractivity contribution in [2.75, 3.05) is 20.1 Å². The second kappa shape index (κ2) is 16.8. The van der Waals surface area contributed by atoms with Crippen molar-refractivity contribution in [3.63, 3.8) is 0 Å². The quantitative estimate of drug-likeness (QED) is 0.400. The summed E-state index contributed by atoms with van der Waals surface area (Å²) in [6.07, 6.45) is 8.95. The van der Waals surface area contributed by atoms with Gasteiger partial charge in [0.05, 0.1) is 11.5 Å². The second-order valence-corrected chi connectivity index (χ2v) is 9.49. The van der Waals surface area contributed by atoms with Crippen molar-refractivity contribution >= 4 is 29.1 Å². The average Bonchev–Trinajstić information content (AvgIpc) is 3.73. The highest BCUT2D eigenvalue weighted by Gasteiger charge is 2.43. The Morgan fingerprint density at radius 3 is 2.03 bits per heavy atom. The molecule has 1 amide bonds. The van der Waals surface area contributed by atoms with E-state index >= 15 is 0 Å². The minimum atomic E-state index is -0.321. The highest BCUT2D eigenvalue weighted by atomic mass is 35.5. The Kier molecular flexibility index (Phi) is 14.9. The number of nitrogens with one attached hydrogen (secondary N) is 1. The first-order valence-corrected chi connectivity index (χ1v) is 13.2. The molecule has 2 aromatic carbocycles. The summed E-state index contributed by atoms with van der Waals surface area (Å²) >= 11 is 11.5. The zero-order valence-electron chi connectivity index (χ0n) is 21.3. The first kappa shape index (κ1) is 30.2.